The number of rotatable bonds is 7. The molecule has 4 heteroatoms. The second kappa shape index (κ2) is 11.0. The molecular formula is C40H32N4. The molecule has 0 amide bonds. The number of hydrogen-bond donors (Lipinski definition) is 2. The van der Waals surface area contributed by atoms with Gasteiger partial charge in [0.05, 0.1) is 16.7 Å². The largest absolute Gasteiger partial charge is 0.383 e. The van der Waals surface area contributed by atoms with Crippen LogP contribution in [0.5, 0.6) is 0 Å². The minimum absolute atomic E-state index is 0.274. The molecule has 4 nitrogen and oxygen atoms in total. The lowest BCUT2D eigenvalue weighted by atomic mass is 9.99. The number of amidine groups is 1. The molecule has 0 aliphatic heterocycles. The van der Waals surface area contributed by atoms with E-state index < -0.39 is 0 Å². The van der Waals surface area contributed by atoms with E-state index in [-0.39, 0.29) is 6.17 Å². The maximum absolute atomic E-state index is 6.90. The molecule has 1 aliphatic carbocycles. The Kier molecular flexibility index (Phi) is 6.55. The summed E-state index contributed by atoms with van der Waals surface area (Å²) in [7, 11) is 0. The lowest BCUT2D eigenvalue weighted by molar-refractivity contribution is 0.554. The van der Waals surface area contributed by atoms with Crippen molar-refractivity contribution < 1.29 is 0 Å². The van der Waals surface area contributed by atoms with Gasteiger partial charge in [0, 0.05) is 28.4 Å². The quantitative estimate of drug-likeness (QED) is 0.150. The highest BCUT2D eigenvalue weighted by Crippen LogP contribution is 2.44. The van der Waals surface area contributed by atoms with Gasteiger partial charge in [-0.1, -0.05) is 127 Å². The summed E-state index contributed by atoms with van der Waals surface area (Å²) in [5.41, 5.74) is 18.8. The molecule has 1 heterocycles. The maximum Gasteiger partial charge on any atom is 0.128 e. The van der Waals surface area contributed by atoms with E-state index in [1.54, 1.807) is 0 Å². The Bertz CT molecular complexity index is 2110. The fraction of sp³-hybridized carbons (Fsp3) is 0.0750. The van der Waals surface area contributed by atoms with Crippen LogP contribution in [0.4, 0.5) is 0 Å². The third kappa shape index (κ3) is 4.48. The summed E-state index contributed by atoms with van der Waals surface area (Å²) in [6.45, 7) is 0.692. The molecule has 6 aromatic carbocycles. The van der Waals surface area contributed by atoms with Crippen molar-refractivity contribution in [1.29, 1.82) is 0 Å². The van der Waals surface area contributed by atoms with Crippen LogP contribution in [-0.2, 0) is 13.0 Å². The average molecular weight is 569 g/mol. The number of nitrogens with two attached hydrogens (primary N) is 1. The third-order valence-corrected chi connectivity index (χ3v) is 8.76. The molecule has 0 saturated carbocycles. The smallest absolute Gasteiger partial charge is 0.128 e. The Morgan fingerprint density at radius 3 is 2.05 bits per heavy atom. The minimum atomic E-state index is -0.274. The highest BCUT2D eigenvalue weighted by atomic mass is 15.1. The molecule has 8 rings (SSSR count). The van der Waals surface area contributed by atoms with Gasteiger partial charge < -0.3 is 10.3 Å². The van der Waals surface area contributed by atoms with Crippen molar-refractivity contribution in [1.82, 2.24) is 9.88 Å². The van der Waals surface area contributed by atoms with E-state index in [0.29, 0.717) is 12.4 Å². The molecule has 212 valence electrons. The number of fused-ring (bicyclic) bond motifs is 6. The van der Waals surface area contributed by atoms with Gasteiger partial charge in [0.25, 0.3) is 0 Å². The number of aliphatic imine (C=N–C) groups is 1. The molecule has 0 saturated heterocycles. The Labute approximate surface area is 257 Å². The van der Waals surface area contributed by atoms with E-state index >= 15 is 0 Å². The van der Waals surface area contributed by atoms with Gasteiger partial charge in [0.2, 0.25) is 0 Å². The second-order valence-electron chi connectivity index (χ2n) is 11.4. The van der Waals surface area contributed by atoms with Gasteiger partial charge in [-0.3, -0.25) is 5.32 Å². The van der Waals surface area contributed by atoms with Gasteiger partial charge >= 0.3 is 0 Å². The van der Waals surface area contributed by atoms with E-state index in [0.717, 1.165) is 17.5 Å². The van der Waals surface area contributed by atoms with Gasteiger partial charge in [-0.2, -0.15) is 0 Å². The molecule has 44 heavy (non-hydrogen) atoms. The third-order valence-electron chi connectivity index (χ3n) is 8.76. The molecule has 1 unspecified atom stereocenters. The van der Waals surface area contributed by atoms with Crippen LogP contribution in [0.25, 0.3) is 38.6 Å². The van der Waals surface area contributed by atoms with Crippen LogP contribution in [0.1, 0.15) is 34.0 Å². The number of hydrogen-bond acceptors (Lipinski definition) is 2. The maximum atomic E-state index is 6.90. The van der Waals surface area contributed by atoms with Crippen LogP contribution >= 0.6 is 0 Å². The van der Waals surface area contributed by atoms with Crippen molar-refractivity contribution in [2.45, 2.75) is 19.1 Å². The van der Waals surface area contributed by atoms with Crippen LogP contribution in [0.3, 0.4) is 0 Å². The van der Waals surface area contributed by atoms with Gasteiger partial charge in [-0.15, -0.1) is 0 Å². The molecule has 0 bridgehead atoms. The summed E-state index contributed by atoms with van der Waals surface area (Å²) >= 11 is 0. The summed E-state index contributed by atoms with van der Waals surface area (Å²) < 4.78 is 2.42. The Hall–Kier alpha value is -5.45. The van der Waals surface area contributed by atoms with Crippen molar-refractivity contribution in [3.8, 4) is 16.8 Å². The molecule has 1 atom stereocenters. The molecule has 7 aromatic rings. The SMILES string of the molecule is NC(=NC(NCc1ccccc1)c1ccccc1)c1cccc2c1Cc1cccc(-n3c4ccccc4c4ccccc43)c1-2. The fourth-order valence-corrected chi connectivity index (χ4v) is 6.75. The zero-order valence-corrected chi connectivity index (χ0v) is 24.3. The normalized spacial score (nSPS) is 13.2. The molecule has 1 aliphatic rings. The summed E-state index contributed by atoms with van der Waals surface area (Å²) in [4.78, 5) is 5.10. The Morgan fingerprint density at radius 2 is 1.32 bits per heavy atom. The number of para-hydroxylation sites is 2. The number of nitrogens with zero attached hydrogens (tertiary/aromatic N) is 2. The molecule has 1 aromatic heterocycles. The lowest BCUT2D eigenvalue weighted by Gasteiger charge is -2.18. The zero-order valence-electron chi connectivity index (χ0n) is 24.3. The van der Waals surface area contributed by atoms with Crippen molar-refractivity contribution in [3.63, 3.8) is 0 Å². The summed E-state index contributed by atoms with van der Waals surface area (Å²) in [5.74, 6) is 0.544. The van der Waals surface area contributed by atoms with Gasteiger partial charge in [0.15, 0.2) is 0 Å². The molecule has 0 spiro atoms. The predicted molar refractivity (Wildman–Crippen MR) is 182 cm³/mol. The molecular weight excluding hydrogens is 536 g/mol. The number of benzene rings is 6. The predicted octanol–water partition coefficient (Wildman–Crippen LogP) is 8.55. The van der Waals surface area contributed by atoms with E-state index in [1.807, 2.05) is 24.3 Å². The summed E-state index contributed by atoms with van der Waals surface area (Å²) in [6.07, 6.45) is 0.541. The van der Waals surface area contributed by atoms with E-state index in [1.165, 1.54) is 55.3 Å². The van der Waals surface area contributed by atoms with E-state index in [4.69, 9.17) is 10.7 Å². The molecule has 0 radical (unpaired) electrons. The van der Waals surface area contributed by atoms with Gasteiger partial charge in [-0.25, -0.2) is 4.99 Å². The Morgan fingerprint density at radius 1 is 0.682 bits per heavy atom. The van der Waals surface area contributed by atoms with E-state index in [9.17, 15) is 0 Å². The van der Waals surface area contributed by atoms with Gasteiger partial charge in [0.1, 0.15) is 12.0 Å². The first-order chi connectivity index (χ1) is 21.8. The molecule has 3 N–H and O–H groups in total. The van der Waals surface area contributed by atoms with Crippen LogP contribution in [0.15, 0.2) is 151 Å². The number of aromatic nitrogens is 1. The average Bonchev–Trinajstić information content (AvgIpc) is 3.63. The first kappa shape index (κ1) is 26.2. The zero-order chi connectivity index (χ0) is 29.5. The standard InChI is InChI=1S/C40H32N4/c41-39(43-40(28-15-5-2-6-16-28)42-26-27-13-3-1-4-14-27)33-21-12-20-32-34(33)25-29-17-11-24-37(38(29)32)44-35-22-9-7-18-30(35)31-19-8-10-23-36(31)44/h1-24,40,42H,25-26H2,(H2,41,43). The first-order valence-electron chi connectivity index (χ1n) is 15.1. The van der Waals surface area contributed by atoms with Crippen molar-refractivity contribution >= 4 is 27.6 Å². The van der Waals surface area contributed by atoms with Crippen LogP contribution in [-0.4, -0.2) is 10.4 Å². The first-order valence-corrected chi connectivity index (χ1v) is 15.1. The fourth-order valence-electron chi connectivity index (χ4n) is 6.75. The highest BCUT2D eigenvalue weighted by molar-refractivity contribution is 6.10. The van der Waals surface area contributed by atoms with Crippen LogP contribution in [0.2, 0.25) is 0 Å². The minimum Gasteiger partial charge on any atom is -0.383 e. The van der Waals surface area contributed by atoms with E-state index in [2.05, 4.69) is 131 Å². The lowest BCUT2D eigenvalue weighted by Crippen LogP contribution is -2.24. The molecule has 0 fully saturated rings. The van der Waals surface area contributed by atoms with Crippen molar-refractivity contribution in [3.05, 3.63) is 173 Å². The van der Waals surface area contributed by atoms with Crippen LogP contribution < -0.4 is 11.1 Å². The second-order valence-corrected chi connectivity index (χ2v) is 11.4. The van der Waals surface area contributed by atoms with Crippen LogP contribution in [0, 0.1) is 0 Å². The summed E-state index contributed by atoms with van der Waals surface area (Å²) in [6, 6.07) is 51.2. The Balaban J connectivity index is 1.23. The van der Waals surface area contributed by atoms with Crippen molar-refractivity contribution in [2.75, 3.05) is 0 Å². The topological polar surface area (TPSA) is 55.3 Å². The highest BCUT2D eigenvalue weighted by Gasteiger charge is 2.27. The summed E-state index contributed by atoms with van der Waals surface area (Å²) in [5, 5.41) is 6.15. The monoisotopic (exact) mass is 568 g/mol. The van der Waals surface area contributed by atoms with Gasteiger partial charge in [-0.05, 0) is 52.4 Å². The van der Waals surface area contributed by atoms with Crippen molar-refractivity contribution in [2.24, 2.45) is 10.7 Å². The number of nitrogens with one attached hydrogen (secondary N) is 1.